The lowest BCUT2D eigenvalue weighted by Crippen LogP contribution is -2.12. The SMILES string of the molecule is O=C(Nc1cc2nn(-c3ccccc3)nc2cc1Cl)c1ccccc1Br. The number of hydrogen-bond acceptors (Lipinski definition) is 3. The van der Waals surface area contributed by atoms with Gasteiger partial charge in [0.25, 0.3) is 5.91 Å². The molecule has 0 saturated heterocycles. The zero-order valence-electron chi connectivity index (χ0n) is 13.4. The topological polar surface area (TPSA) is 59.8 Å². The van der Waals surface area contributed by atoms with E-state index < -0.39 is 0 Å². The van der Waals surface area contributed by atoms with Crippen LogP contribution in [0.4, 0.5) is 5.69 Å². The van der Waals surface area contributed by atoms with Crippen molar-refractivity contribution in [3.63, 3.8) is 0 Å². The van der Waals surface area contributed by atoms with Gasteiger partial charge in [-0.3, -0.25) is 4.79 Å². The largest absolute Gasteiger partial charge is 0.321 e. The van der Waals surface area contributed by atoms with Crippen LogP contribution >= 0.6 is 27.5 Å². The molecule has 0 aliphatic rings. The quantitative estimate of drug-likeness (QED) is 0.495. The molecule has 4 rings (SSSR count). The number of anilines is 1. The fraction of sp³-hybridized carbons (Fsp3) is 0. The van der Waals surface area contributed by atoms with Crippen LogP contribution in [0.25, 0.3) is 16.7 Å². The van der Waals surface area contributed by atoms with Gasteiger partial charge in [-0.1, -0.05) is 41.9 Å². The number of nitrogens with zero attached hydrogens (tertiary/aromatic N) is 3. The number of nitrogens with one attached hydrogen (secondary N) is 1. The molecule has 4 aromatic rings. The van der Waals surface area contributed by atoms with Crippen molar-refractivity contribution in [2.45, 2.75) is 0 Å². The van der Waals surface area contributed by atoms with Gasteiger partial charge >= 0.3 is 0 Å². The Hall–Kier alpha value is -2.70. The summed E-state index contributed by atoms with van der Waals surface area (Å²) in [6.07, 6.45) is 0. The first-order valence-electron chi connectivity index (χ1n) is 7.80. The standard InChI is InChI=1S/C19H12BrClN4O/c20-14-9-5-4-8-13(14)19(26)22-16-11-18-17(10-15(16)21)23-25(24-18)12-6-2-1-3-7-12/h1-11H,(H,22,26). The van der Waals surface area contributed by atoms with Gasteiger partial charge in [0.2, 0.25) is 0 Å². The van der Waals surface area contributed by atoms with Gasteiger partial charge in [-0.15, -0.1) is 10.2 Å². The van der Waals surface area contributed by atoms with Crippen LogP contribution in [0.5, 0.6) is 0 Å². The van der Waals surface area contributed by atoms with Crippen molar-refractivity contribution in [2.24, 2.45) is 0 Å². The van der Waals surface area contributed by atoms with Gasteiger partial charge in [-0.25, -0.2) is 0 Å². The van der Waals surface area contributed by atoms with Crippen LogP contribution in [0, 0.1) is 0 Å². The number of halogens is 2. The van der Waals surface area contributed by atoms with Crippen molar-refractivity contribution in [3.05, 3.63) is 81.8 Å². The van der Waals surface area contributed by atoms with Crippen LogP contribution in [-0.4, -0.2) is 20.9 Å². The number of aromatic nitrogens is 3. The van der Waals surface area contributed by atoms with E-state index in [2.05, 4.69) is 31.4 Å². The summed E-state index contributed by atoms with van der Waals surface area (Å²) in [6, 6.07) is 20.2. The smallest absolute Gasteiger partial charge is 0.256 e. The number of hydrogen-bond donors (Lipinski definition) is 1. The highest BCUT2D eigenvalue weighted by molar-refractivity contribution is 9.10. The van der Waals surface area contributed by atoms with Crippen LogP contribution in [0.3, 0.4) is 0 Å². The number of fused-ring (bicyclic) bond motifs is 1. The third kappa shape index (κ3) is 3.21. The predicted molar refractivity (Wildman–Crippen MR) is 106 cm³/mol. The van der Waals surface area contributed by atoms with Gasteiger partial charge in [-0.05, 0) is 52.3 Å². The summed E-state index contributed by atoms with van der Waals surface area (Å²) in [4.78, 5) is 14.1. The van der Waals surface area contributed by atoms with Gasteiger partial charge in [0.05, 0.1) is 22.0 Å². The van der Waals surface area contributed by atoms with Gasteiger partial charge in [0, 0.05) is 4.47 Å². The fourth-order valence-electron chi connectivity index (χ4n) is 2.55. The van der Waals surface area contributed by atoms with Gasteiger partial charge in [-0.2, -0.15) is 4.80 Å². The van der Waals surface area contributed by atoms with E-state index in [1.165, 1.54) is 0 Å². The lowest BCUT2D eigenvalue weighted by molar-refractivity contribution is 0.102. The number of rotatable bonds is 3. The molecule has 3 aromatic carbocycles. The summed E-state index contributed by atoms with van der Waals surface area (Å²) >= 11 is 9.70. The first-order chi connectivity index (χ1) is 12.6. The second kappa shape index (κ2) is 6.90. The summed E-state index contributed by atoms with van der Waals surface area (Å²) in [6.45, 7) is 0. The van der Waals surface area contributed by atoms with Crippen LogP contribution in [0.15, 0.2) is 71.2 Å². The van der Waals surface area contributed by atoms with E-state index in [1.54, 1.807) is 29.1 Å². The van der Waals surface area contributed by atoms with Crippen molar-refractivity contribution < 1.29 is 4.79 Å². The average Bonchev–Trinajstić information content (AvgIpc) is 3.06. The number of para-hydroxylation sites is 1. The van der Waals surface area contributed by atoms with Crippen molar-refractivity contribution in [1.82, 2.24) is 15.0 Å². The first-order valence-corrected chi connectivity index (χ1v) is 8.97. The Labute approximate surface area is 162 Å². The molecule has 7 heteroatoms. The molecule has 5 nitrogen and oxygen atoms in total. The summed E-state index contributed by atoms with van der Waals surface area (Å²) in [7, 11) is 0. The highest BCUT2D eigenvalue weighted by Crippen LogP contribution is 2.28. The number of carbonyl (C=O) groups excluding carboxylic acids is 1. The highest BCUT2D eigenvalue weighted by atomic mass is 79.9. The van der Waals surface area contributed by atoms with Crippen molar-refractivity contribution in [2.75, 3.05) is 5.32 Å². The van der Waals surface area contributed by atoms with Crippen LogP contribution in [0.2, 0.25) is 5.02 Å². The van der Waals surface area contributed by atoms with Gasteiger partial charge in [0.15, 0.2) is 0 Å². The molecule has 128 valence electrons. The van der Waals surface area contributed by atoms with Crippen LogP contribution < -0.4 is 5.32 Å². The third-order valence-corrected chi connectivity index (χ3v) is 4.83. The fourth-order valence-corrected chi connectivity index (χ4v) is 3.22. The van der Waals surface area contributed by atoms with E-state index in [9.17, 15) is 4.79 Å². The van der Waals surface area contributed by atoms with Crippen LogP contribution in [0.1, 0.15) is 10.4 Å². The molecular weight excluding hydrogens is 416 g/mol. The summed E-state index contributed by atoms with van der Waals surface area (Å²) in [5.41, 5.74) is 3.15. The van der Waals surface area contributed by atoms with Crippen molar-refractivity contribution in [3.8, 4) is 5.69 Å². The zero-order chi connectivity index (χ0) is 18.1. The summed E-state index contributed by atoms with van der Waals surface area (Å²) < 4.78 is 0.713. The molecule has 1 N–H and O–H groups in total. The molecule has 1 aromatic heterocycles. The van der Waals surface area contributed by atoms with Crippen LogP contribution in [-0.2, 0) is 0 Å². The molecule has 0 radical (unpaired) electrons. The molecule has 0 bridgehead atoms. The van der Waals surface area contributed by atoms with E-state index in [0.717, 1.165) is 5.69 Å². The highest BCUT2D eigenvalue weighted by Gasteiger charge is 2.14. The molecular formula is C19H12BrClN4O. The number of carbonyl (C=O) groups is 1. The minimum Gasteiger partial charge on any atom is -0.321 e. The van der Waals surface area contributed by atoms with Crippen molar-refractivity contribution in [1.29, 1.82) is 0 Å². The Morgan fingerprint density at radius 2 is 1.62 bits per heavy atom. The zero-order valence-corrected chi connectivity index (χ0v) is 15.7. The van der Waals surface area contributed by atoms with E-state index in [0.29, 0.717) is 31.8 Å². The maximum Gasteiger partial charge on any atom is 0.256 e. The predicted octanol–water partition coefficient (Wildman–Crippen LogP) is 5.09. The molecule has 0 saturated carbocycles. The summed E-state index contributed by atoms with van der Waals surface area (Å²) in [5, 5.41) is 12.1. The minimum atomic E-state index is -0.255. The summed E-state index contributed by atoms with van der Waals surface area (Å²) in [5.74, 6) is -0.255. The lowest BCUT2D eigenvalue weighted by Gasteiger charge is -2.08. The Kier molecular flexibility index (Phi) is 4.44. The monoisotopic (exact) mass is 426 g/mol. The molecule has 0 unspecified atom stereocenters. The molecule has 0 spiro atoms. The molecule has 1 heterocycles. The average molecular weight is 428 g/mol. The van der Waals surface area contributed by atoms with Gasteiger partial charge < -0.3 is 5.32 Å². The lowest BCUT2D eigenvalue weighted by atomic mass is 10.2. The maximum absolute atomic E-state index is 12.5. The maximum atomic E-state index is 12.5. The first kappa shape index (κ1) is 16.8. The second-order valence-corrected chi connectivity index (χ2v) is 6.84. The molecule has 0 atom stereocenters. The molecule has 26 heavy (non-hydrogen) atoms. The van der Waals surface area contributed by atoms with E-state index in [-0.39, 0.29) is 5.91 Å². The normalized spacial score (nSPS) is 10.8. The molecule has 0 aliphatic carbocycles. The molecule has 0 aliphatic heterocycles. The Balaban J connectivity index is 1.69. The van der Waals surface area contributed by atoms with E-state index in [4.69, 9.17) is 11.6 Å². The Bertz CT molecular complexity index is 1110. The number of benzene rings is 3. The Morgan fingerprint density at radius 1 is 0.962 bits per heavy atom. The van der Waals surface area contributed by atoms with E-state index in [1.807, 2.05) is 42.5 Å². The second-order valence-electron chi connectivity index (χ2n) is 5.58. The number of amides is 1. The van der Waals surface area contributed by atoms with Gasteiger partial charge in [0.1, 0.15) is 11.0 Å². The third-order valence-electron chi connectivity index (χ3n) is 3.82. The Morgan fingerprint density at radius 3 is 2.35 bits per heavy atom. The molecule has 0 fully saturated rings. The van der Waals surface area contributed by atoms with Crippen molar-refractivity contribution >= 4 is 50.2 Å². The van der Waals surface area contributed by atoms with E-state index >= 15 is 0 Å². The minimum absolute atomic E-state index is 0.255. The molecule has 1 amide bonds.